The minimum Gasteiger partial charge on any atom is -0.371 e. The number of carbonyl (C=O) groups excluding carboxylic acids is 2. The van der Waals surface area contributed by atoms with Gasteiger partial charge in [0.25, 0.3) is 11.8 Å². The van der Waals surface area contributed by atoms with Gasteiger partial charge in [-0.2, -0.15) is 0 Å². The fraction of sp³-hybridized carbons (Fsp3) is 0.579. The van der Waals surface area contributed by atoms with Crippen LogP contribution in [0.5, 0.6) is 0 Å². The maximum absolute atomic E-state index is 12.9. The van der Waals surface area contributed by atoms with Gasteiger partial charge < -0.3 is 26.0 Å². The van der Waals surface area contributed by atoms with Crippen LogP contribution in [-0.4, -0.2) is 50.7 Å². The molecular formula is C19H28N4O3. The first-order chi connectivity index (χ1) is 12.6. The molecule has 2 amide bonds. The highest BCUT2D eigenvalue weighted by Gasteiger charge is 2.39. The summed E-state index contributed by atoms with van der Waals surface area (Å²) in [4.78, 5) is 26.9. The molecule has 0 spiro atoms. The van der Waals surface area contributed by atoms with Crippen molar-refractivity contribution < 1.29 is 14.3 Å². The summed E-state index contributed by atoms with van der Waals surface area (Å²) in [5.74, 6) is -0.590. The standard InChI is InChI=1S/C19H28N4O3/c1-26-19(7-9-21-10-8-19)18(25)22-14-5-6-15(17(20)24)16(13-14)23-11-3-2-4-12-23/h5-6,13,21H,2-4,7-12H2,1H3,(H2,20,24)(H,22,25). The van der Waals surface area contributed by atoms with E-state index in [4.69, 9.17) is 10.5 Å². The summed E-state index contributed by atoms with van der Waals surface area (Å²) in [6.07, 6.45) is 4.65. The maximum atomic E-state index is 12.9. The third-order valence-corrected chi connectivity index (χ3v) is 5.43. The predicted octanol–water partition coefficient (Wildman–Crippen LogP) is 1.48. The largest absolute Gasteiger partial charge is 0.371 e. The number of methoxy groups -OCH3 is 1. The third-order valence-electron chi connectivity index (χ3n) is 5.43. The Morgan fingerprint density at radius 3 is 2.50 bits per heavy atom. The van der Waals surface area contributed by atoms with Crippen molar-refractivity contribution in [3.8, 4) is 0 Å². The maximum Gasteiger partial charge on any atom is 0.256 e. The second-order valence-electron chi connectivity index (χ2n) is 7.05. The summed E-state index contributed by atoms with van der Waals surface area (Å²) in [6.45, 7) is 3.29. The lowest BCUT2D eigenvalue weighted by atomic mass is 9.91. The zero-order chi connectivity index (χ0) is 18.6. The van der Waals surface area contributed by atoms with Gasteiger partial charge in [0.2, 0.25) is 0 Å². The van der Waals surface area contributed by atoms with Gasteiger partial charge in [-0.3, -0.25) is 9.59 Å². The van der Waals surface area contributed by atoms with Crippen molar-refractivity contribution in [3.63, 3.8) is 0 Å². The number of hydrogen-bond acceptors (Lipinski definition) is 5. The lowest BCUT2D eigenvalue weighted by Crippen LogP contribution is -2.51. The van der Waals surface area contributed by atoms with Crippen LogP contribution in [0.2, 0.25) is 0 Å². The van der Waals surface area contributed by atoms with Gasteiger partial charge in [-0.15, -0.1) is 0 Å². The topological polar surface area (TPSA) is 96.7 Å². The van der Waals surface area contributed by atoms with E-state index < -0.39 is 11.5 Å². The number of benzene rings is 1. The Labute approximate surface area is 154 Å². The molecule has 7 heteroatoms. The Morgan fingerprint density at radius 1 is 1.19 bits per heavy atom. The summed E-state index contributed by atoms with van der Waals surface area (Å²) < 4.78 is 5.58. The molecule has 2 aliphatic heterocycles. The molecule has 1 aromatic carbocycles. The van der Waals surface area contributed by atoms with Crippen LogP contribution in [0.3, 0.4) is 0 Å². The lowest BCUT2D eigenvalue weighted by Gasteiger charge is -2.35. The number of rotatable bonds is 5. The van der Waals surface area contributed by atoms with Crippen LogP contribution in [0.4, 0.5) is 11.4 Å². The van der Waals surface area contributed by atoms with E-state index in [0.29, 0.717) is 24.1 Å². The van der Waals surface area contributed by atoms with Gasteiger partial charge in [-0.1, -0.05) is 0 Å². The van der Waals surface area contributed by atoms with E-state index in [0.717, 1.165) is 44.7 Å². The van der Waals surface area contributed by atoms with Crippen molar-refractivity contribution in [2.24, 2.45) is 5.73 Å². The molecule has 0 saturated carbocycles. The van der Waals surface area contributed by atoms with Crippen LogP contribution in [-0.2, 0) is 9.53 Å². The van der Waals surface area contributed by atoms with Crippen LogP contribution in [0, 0.1) is 0 Å². The number of hydrogen-bond donors (Lipinski definition) is 3. The van der Waals surface area contributed by atoms with Crippen molar-refractivity contribution in [3.05, 3.63) is 23.8 Å². The number of nitrogens with zero attached hydrogens (tertiary/aromatic N) is 1. The van der Waals surface area contributed by atoms with Crippen molar-refractivity contribution in [2.75, 3.05) is 43.5 Å². The number of carbonyl (C=O) groups is 2. The molecule has 1 aromatic rings. The second kappa shape index (κ2) is 8.05. The fourth-order valence-corrected chi connectivity index (χ4v) is 3.81. The highest BCUT2D eigenvalue weighted by Crippen LogP contribution is 2.29. The highest BCUT2D eigenvalue weighted by atomic mass is 16.5. The molecule has 0 aliphatic carbocycles. The van der Waals surface area contributed by atoms with Crippen LogP contribution in [0.25, 0.3) is 0 Å². The Morgan fingerprint density at radius 2 is 1.88 bits per heavy atom. The minimum atomic E-state index is -0.807. The first-order valence-electron chi connectivity index (χ1n) is 9.32. The normalized spacial score (nSPS) is 19.8. The molecule has 26 heavy (non-hydrogen) atoms. The molecule has 7 nitrogen and oxygen atoms in total. The molecule has 2 saturated heterocycles. The summed E-state index contributed by atoms with van der Waals surface area (Å²) in [6, 6.07) is 5.29. The molecule has 142 valence electrons. The monoisotopic (exact) mass is 360 g/mol. The van der Waals surface area contributed by atoms with Crippen LogP contribution in [0.1, 0.15) is 42.5 Å². The molecule has 0 aromatic heterocycles. The van der Waals surface area contributed by atoms with E-state index >= 15 is 0 Å². The first kappa shape index (κ1) is 18.7. The van der Waals surface area contributed by atoms with E-state index in [-0.39, 0.29) is 5.91 Å². The van der Waals surface area contributed by atoms with Crippen LogP contribution in [0.15, 0.2) is 18.2 Å². The molecule has 0 atom stereocenters. The van der Waals surface area contributed by atoms with Gasteiger partial charge >= 0.3 is 0 Å². The fourth-order valence-electron chi connectivity index (χ4n) is 3.81. The zero-order valence-corrected chi connectivity index (χ0v) is 15.3. The minimum absolute atomic E-state index is 0.141. The third kappa shape index (κ3) is 3.83. The van der Waals surface area contributed by atoms with Crippen molar-refractivity contribution in [2.45, 2.75) is 37.7 Å². The van der Waals surface area contributed by atoms with Crippen molar-refractivity contribution in [1.29, 1.82) is 0 Å². The highest BCUT2D eigenvalue weighted by molar-refractivity contribution is 6.02. The van der Waals surface area contributed by atoms with E-state index in [1.807, 2.05) is 6.07 Å². The molecule has 4 N–H and O–H groups in total. The van der Waals surface area contributed by atoms with Gasteiger partial charge in [0.1, 0.15) is 5.60 Å². The average Bonchev–Trinajstić information content (AvgIpc) is 2.69. The Balaban J connectivity index is 1.83. The number of piperidine rings is 2. The zero-order valence-electron chi connectivity index (χ0n) is 15.3. The molecule has 0 unspecified atom stereocenters. The van der Waals surface area contributed by atoms with Gasteiger partial charge in [0.05, 0.1) is 11.3 Å². The lowest BCUT2D eigenvalue weighted by molar-refractivity contribution is -0.140. The SMILES string of the molecule is COC1(C(=O)Nc2ccc(C(N)=O)c(N3CCCCC3)c2)CCNCC1. The Kier molecular flexibility index (Phi) is 5.78. The Bertz CT molecular complexity index is 665. The van der Waals surface area contributed by atoms with E-state index in [9.17, 15) is 9.59 Å². The summed E-state index contributed by atoms with van der Waals surface area (Å²) in [5.41, 5.74) is 6.70. The molecule has 0 radical (unpaired) electrons. The number of nitrogens with two attached hydrogens (primary N) is 1. The van der Waals surface area contributed by atoms with Gasteiger partial charge in [0, 0.05) is 25.9 Å². The van der Waals surface area contributed by atoms with Crippen LogP contribution < -0.4 is 21.3 Å². The number of ether oxygens (including phenoxy) is 1. The number of amides is 2. The summed E-state index contributed by atoms with van der Waals surface area (Å²) in [7, 11) is 1.58. The van der Waals surface area contributed by atoms with Gasteiger partial charge in [0.15, 0.2) is 0 Å². The molecule has 3 rings (SSSR count). The van der Waals surface area contributed by atoms with Gasteiger partial charge in [-0.25, -0.2) is 0 Å². The number of primary amides is 1. The molecule has 0 bridgehead atoms. The summed E-state index contributed by atoms with van der Waals surface area (Å²) in [5, 5.41) is 6.23. The van der Waals surface area contributed by atoms with E-state index in [1.54, 1.807) is 19.2 Å². The Hall–Kier alpha value is -2.12. The second-order valence-corrected chi connectivity index (χ2v) is 7.05. The van der Waals surface area contributed by atoms with E-state index in [2.05, 4.69) is 15.5 Å². The van der Waals surface area contributed by atoms with Crippen molar-refractivity contribution in [1.82, 2.24) is 5.32 Å². The predicted molar refractivity (Wildman–Crippen MR) is 101 cm³/mol. The number of nitrogens with one attached hydrogen (secondary N) is 2. The smallest absolute Gasteiger partial charge is 0.256 e. The van der Waals surface area contributed by atoms with Crippen LogP contribution >= 0.6 is 0 Å². The molecular weight excluding hydrogens is 332 g/mol. The number of anilines is 2. The van der Waals surface area contributed by atoms with Crippen molar-refractivity contribution >= 4 is 23.2 Å². The quantitative estimate of drug-likeness (QED) is 0.739. The van der Waals surface area contributed by atoms with Gasteiger partial charge in [-0.05, 0) is 63.4 Å². The average molecular weight is 360 g/mol. The molecule has 2 fully saturated rings. The molecule has 2 aliphatic rings. The first-order valence-corrected chi connectivity index (χ1v) is 9.32. The summed E-state index contributed by atoms with van der Waals surface area (Å²) >= 11 is 0. The molecule has 2 heterocycles. The van der Waals surface area contributed by atoms with E-state index in [1.165, 1.54) is 6.42 Å².